The number of carbonyl (C=O) groups excluding carboxylic acids is 1. The minimum Gasteiger partial charge on any atom is -0.495 e. The number of rotatable bonds is 5. The standard InChI is InChI=1S/C12H19NO3S/c1-8(2)12(3,15)7-13-11(14)10-9(16-4)5-6-17-10/h5-6,8,15H,7H2,1-4H3,(H,13,14). The van der Waals surface area contributed by atoms with Crippen LogP contribution in [0.1, 0.15) is 30.4 Å². The molecular formula is C12H19NO3S. The highest BCUT2D eigenvalue weighted by molar-refractivity contribution is 7.12. The van der Waals surface area contributed by atoms with Crippen LogP contribution in [0.2, 0.25) is 0 Å². The molecule has 0 aliphatic carbocycles. The Labute approximate surface area is 106 Å². The van der Waals surface area contributed by atoms with E-state index in [9.17, 15) is 9.90 Å². The lowest BCUT2D eigenvalue weighted by atomic mass is 9.92. The molecule has 1 atom stereocenters. The summed E-state index contributed by atoms with van der Waals surface area (Å²) in [6.45, 7) is 5.77. The molecule has 1 aromatic heterocycles. The van der Waals surface area contributed by atoms with Crippen LogP contribution in [0, 0.1) is 5.92 Å². The number of hydrogen-bond donors (Lipinski definition) is 2. The predicted molar refractivity (Wildman–Crippen MR) is 68.7 cm³/mol. The van der Waals surface area contributed by atoms with Crippen molar-refractivity contribution in [3.8, 4) is 5.75 Å². The Bertz CT molecular complexity index is 385. The van der Waals surface area contributed by atoms with Crippen molar-refractivity contribution < 1.29 is 14.6 Å². The summed E-state index contributed by atoms with van der Waals surface area (Å²) in [7, 11) is 1.53. The number of thiophene rings is 1. The van der Waals surface area contributed by atoms with Crippen molar-refractivity contribution in [1.82, 2.24) is 5.32 Å². The van der Waals surface area contributed by atoms with Crippen LogP contribution < -0.4 is 10.1 Å². The van der Waals surface area contributed by atoms with E-state index in [0.717, 1.165) is 0 Å². The molecule has 0 aliphatic rings. The zero-order valence-corrected chi connectivity index (χ0v) is 11.4. The molecule has 0 bridgehead atoms. The summed E-state index contributed by atoms with van der Waals surface area (Å²) >= 11 is 1.32. The highest BCUT2D eigenvalue weighted by atomic mass is 32.1. The van der Waals surface area contributed by atoms with Crippen LogP contribution in [0.4, 0.5) is 0 Å². The fourth-order valence-electron chi connectivity index (χ4n) is 1.17. The van der Waals surface area contributed by atoms with Crippen LogP contribution in [0.15, 0.2) is 11.4 Å². The Morgan fingerprint density at radius 2 is 2.29 bits per heavy atom. The van der Waals surface area contributed by atoms with Gasteiger partial charge in [0.1, 0.15) is 10.6 Å². The average Bonchev–Trinajstić information content (AvgIpc) is 2.73. The summed E-state index contributed by atoms with van der Waals surface area (Å²) in [5, 5.41) is 14.5. The quantitative estimate of drug-likeness (QED) is 0.847. The number of amides is 1. The van der Waals surface area contributed by atoms with Gasteiger partial charge in [0.15, 0.2) is 0 Å². The van der Waals surface area contributed by atoms with Gasteiger partial charge in [0.25, 0.3) is 5.91 Å². The normalized spacial score (nSPS) is 14.5. The molecule has 2 N–H and O–H groups in total. The number of methoxy groups -OCH3 is 1. The number of carbonyl (C=O) groups is 1. The van der Waals surface area contributed by atoms with E-state index >= 15 is 0 Å². The second kappa shape index (κ2) is 5.51. The third kappa shape index (κ3) is 3.44. The van der Waals surface area contributed by atoms with Gasteiger partial charge in [0.05, 0.1) is 12.7 Å². The van der Waals surface area contributed by atoms with E-state index in [1.807, 2.05) is 13.8 Å². The van der Waals surface area contributed by atoms with Crippen LogP contribution >= 0.6 is 11.3 Å². The Morgan fingerprint density at radius 1 is 1.65 bits per heavy atom. The SMILES string of the molecule is COc1ccsc1C(=O)NCC(C)(O)C(C)C. The number of hydrogen-bond acceptors (Lipinski definition) is 4. The molecule has 1 amide bonds. The summed E-state index contributed by atoms with van der Waals surface area (Å²) in [6.07, 6.45) is 0. The average molecular weight is 257 g/mol. The van der Waals surface area contributed by atoms with E-state index < -0.39 is 5.60 Å². The molecule has 1 heterocycles. The van der Waals surface area contributed by atoms with Crippen molar-refractivity contribution in [3.63, 3.8) is 0 Å². The minimum atomic E-state index is -0.903. The van der Waals surface area contributed by atoms with E-state index in [0.29, 0.717) is 10.6 Å². The van der Waals surface area contributed by atoms with Crippen molar-refractivity contribution in [1.29, 1.82) is 0 Å². The highest BCUT2D eigenvalue weighted by Gasteiger charge is 2.26. The molecule has 1 aromatic rings. The summed E-state index contributed by atoms with van der Waals surface area (Å²) < 4.78 is 5.07. The lowest BCUT2D eigenvalue weighted by Crippen LogP contribution is -2.44. The zero-order valence-electron chi connectivity index (χ0n) is 10.6. The maximum atomic E-state index is 11.9. The Morgan fingerprint density at radius 3 is 2.82 bits per heavy atom. The van der Waals surface area contributed by atoms with Gasteiger partial charge in [0, 0.05) is 6.54 Å². The van der Waals surface area contributed by atoms with Crippen LogP contribution in [-0.4, -0.2) is 30.3 Å². The first-order valence-corrected chi connectivity index (χ1v) is 6.38. The van der Waals surface area contributed by atoms with E-state index in [1.54, 1.807) is 18.4 Å². The van der Waals surface area contributed by atoms with E-state index in [2.05, 4.69) is 5.32 Å². The van der Waals surface area contributed by atoms with Crippen molar-refractivity contribution in [2.75, 3.05) is 13.7 Å². The maximum Gasteiger partial charge on any atom is 0.265 e. The smallest absolute Gasteiger partial charge is 0.265 e. The molecule has 1 rings (SSSR count). The van der Waals surface area contributed by atoms with Gasteiger partial charge in [-0.15, -0.1) is 11.3 Å². The van der Waals surface area contributed by atoms with E-state index in [-0.39, 0.29) is 18.4 Å². The first-order valence-electron chi connectivity index (χ1n) is 5.50. The van der Waals surface area contributed by atoms with Gasteiger partial charge in [-0.2, -0.15) is 0 Å². The minimum absolute atomic E-state index is 0.0769. The molecule has 0 saturated carbocycles. The molecule has 0 fully saturated rings. The van der Waals surface area contributed by atoms with Crippen LogP contribution in [0.25, 0.3) is 0 Å². The molecule has 0 saturated heterocycles. The molecule has 5 heteroatoms. The van der Waals surface area contributed by atoms with Gasteiger partial charge in [-0.25, -0.2) is 0 Å². The van der Waals surface area contributed by atoms with Crippen molar-refractivity contribution >= 4 is 17.2 Å². The molecule has 96 valence electrons. The van der Waals surface area contributed by atoms with Gasteiger partial charge >= 0.3 is 0 Å². The first-order chi connectivity index (χ1) is 7.88. The largest absolute Gasteiger partial charge is 0.495 e. The van der Waals surface area contributed by atoms with Crippen LogP contribution in [-0.2, 0) is 0 Å². The molecule has 0 aromatic carbocycles. The van der Waals surface area contributed by atoms with E-state index in [4.69, 9.17) is 4.74 Å². The Balaban J connectivity index is 2.62. The van der Waals surface area contributed by atoms with Crippen LogP contribution in [0.5, 0.6) is 5.75 Å². The fourth-order valence-corrected chi connectivity index (χ4v) is 1.94. The Kier molecular flexibility index (Phi) is 4.54. The summed E-state index contributed by atoms with van der Waals surface area (Å²) in [5.41, 5.74) is -0.903. The fraction of sp³-hybridized carbons (Fsp3) is 0.583. The van der Waals surface area contributed by atoms with Gasteiger partial charge in [0.2, 0.25) is 0 Å². The second-order valence-electron chi connectivity index (χ2n) is 4.51. The number of nitrogens with one attached hydrogen (secondary N) is 1. The lowest BCUT2D eigenvalue weighted by molar-refractivity contribution is 0.0142. The summed E-state index contributed by atoms with van der Waals surface area (Å²) in [5.74, 6) is 0.433. The molecular weight excluding hydrogens is 238 g/mol. The van der Waals surface area contributed by atoms with Crippen molar-refractivity contribution in [2.24, 2.45) is 5.92 Å². The van der Waals surface area contributed by atoms with E-state index in [1.165, 1.54) is 18.4 Å². The third-order valence-corrected chi connectivity index (χ3v) is 3.80. The van der Waals surface area contributed by atoms with Gasteiger partial charge in [-0.05, 0) is 24.3 Å². The maximum absolute atomic E-state index is 11.9. The Hall–Kier alpha value is -1.07. The molecule has 0 aliphatic heterocycles. The zero-order chi connectivity index (χ0) is 13.1. The lowest BCUT2D eigenvalue weighted by Gasteiger charge is -2.27. The molecule has 0 radical (unpaired) electrons. The summed E-state index contributed by atoms with van der Waals surface area (Å²) in [4.78, 5) is 12.4. The second-order valence-corrected chi connectivity index (χ2v) is 5.43. The highest BCUT2D eigenvalue weighted by Crippen LogP contribution is 2.24. The third-order valence-electron chi connectivity index (χ3n) is 2.91. The van der Waals surface area contributed by atoms with Crippen molar-refractivity contribution in [2.45, 2.75) is 26.4 Å². The molecule has 17 heavy (non-hydrogen) atoms. The molecule has 4 nitrogen and oxygen atoms in total. The molecule has 0 spiro atoms. The predicted octanol–water partition coefficient (Wildman–Crippen LogP) is 1.89. The van der Waals surface area contributed by atoms with Gasteiger partial charge in [-0.1, -0.05) is 13.8 Å². The number of aliphatic hydroxyl groups is 1. The summed E-state index contributed by atoms with van der Waals surface area (Å²) in [6, 6.07) is 1.75. The van der Waals surface area contributed by atoms with Gasteiger partial charge in [-0.3, -0.25) is 4.79 Å². The van der Waals surface area contributed by atoms with Crippen molar-refractivity contribution in [3.05, 3.63) is 16.3 Å². The van der Waals surface area contributed by atoms with Crippen LogP contribution in [0.3, 0.4) is 0 Å². The molecule has 1 unspecified atom stereocenters. The first kappa shape index (κ1) is 14.0. The monoisotopic (exact) mass is 257 g/mol. The van der Waals surface area contributed by atoms with Gasteiger partial charge < -0.3 is 15.2 Å². The topological polar surface area (TPSA) is 58.6 Å². The number of ether oxygens (including phenoxy) is 1.